The fourth-order valence-electron chi connectivity index (χ4n) is 3.40. The maximum absolute atomic E-state index is 15.1. The Bertz CT molecular complexity index is 1300. The first-order valence-electron chi connectivity index (χ1n) is 10.0. The summed E-state index contributed by atoms with van der Waals surface area (Å²) in [6.45, 7) is 5.64. The summed E-state index contributed by atoms with van der Waals surface area (Å²) in [6.07, 6.45) is 0.713. The highest BCUT2D eigenvalue weighted by Gasteiger charge is 2.31. The van der Waals surface area contributed by atoms with Crippen molar-refractivity contribution in [1.82, 2.24) is 0 Å². The molecule has 0 atom stereocenters. The fourth-order valence-corrected chi connectivity index (χ4v) is 3.40. The molecule has 6 nitrogen and oxygen atoms in total. The highest BCUT2D eigenvalue weighted by Crippen LogP contribution is 2.28. The van der Waals surface area contributed by atoms with E-state index in [-0.39, 0.29) is 11.4 Å². The van der Waals surface area contributed by atoms with Crippen LogP contribution in [0.2, 0.25) is 0 Å². The lowest BCUT2D eigenvalue weighted by atomic mass is 10.0. The van der Waals surface area contributed by atoms with Crippen LogP contribution in [0.4, 0.5) is 15.8 Å². The summed E-state index contributed by atoms with van der Waals surface area (Å²) in [5.74, 6) is -0.931. The van der Waals surface area contributed by atoms with Crippen molar-refractivity contribution < 1.29 is 14.0 Å². The van der Waals surface area contributed by atoms with Crippen LogP contribution < -0.4 is 10.4 Å². The number of amides is 1. The van der Waals surface area contributed by atoms with E-state index in [1.165, 1.54) is 11.1 Å². The van der Waals surface area contributed by atoms with Gasteiger partial charge in [-0.1, -0.05) is 36.4 Å². The molecule has 4 rings (SSSR count). The average Bonchev–Trinajstić information content (AvgIpc) is 3.08. The third kappa shape index (κ3) is 3.92. The molecule has 0 aromatic heterocycles. The molecule has 0 saturated carbocycles. The molecule has 0 unspecified atom stereocenters. The molecule has 1 heterocycles. The minimum absolute atomic E-state index is 0.107. The third-order valence-corrected chi connectivity index (χ3v) is 5.34. The second kappa shape index (κ2) is 8.55. The predicted molar refractivity (Wildman–Crippen MR) is 125 cm³/mol. The maximum atomic E-state index is 15.1. The summed E-state index contributed by atoms with van der Waals surface area (Å²) in [6, 6.07) is 17.1. The van der Waals surface area contributed by atoms with Crippen LogP contribution in [0.15, 0.2) is 70.9 Å². The number of aldehydes is 1. The van der Waals surface area contributed by atoms with E-state index in [4.69, 9.17) is 0 Å². The van der Waals surface area contributed by atoms with Crippen LogP contribution in [-0.2, 0) is 4.79 Å². The molecular weight excluding hydrogens is 407 g/mol. The number of aryl methyl sites for hydroxylation is 2. The van der Waals surface area contributed by atoms with E-state index in [2.05, 4.69) is 15.6 Å². The molecule has 1 aliphatic rings. The van der Waals surface area contributed by atoms with Crippen LogP contribution in [0.3, 0.4) is 0 Å². The van der Waals surface area contributed by atoms with Gasteiger partial charge in [0.2, 0.25) is 0 Å². The Morgan fingerprint density at radius 1 is 1.00 bits per heavy atom. The van der Waals surface area contributed by atoms with Gasteiger partial charge in [-0.05, 0) is 61.7 Å². The van der Waals surface area contributed by atoms with E-state index in [0.29, 0.717) is 34.4 Å². The maximum Gasteiger partial charge on any atom is 0.301 e. The average molecular weight is 428 g/mol. The Morgan fingerprint density at radius 2 is 1.78 bits per heavy atom. The first-order valence-corrected chi connectivity index (χ1v) is 10.0. The highest BCUT2D eigenvalue weighted by atomic mass is 19.1. The standard InChI is InChI=1S/C25H21FN4O2/c1-15-10-11-20(12-16(15)2)30-25(32)24(17(3)29-30)28-27-22-9-5-8-21(23(22)26)19-7-4-6-18(13-19)14-31/h4-14,27H,1-3H3/b28-24-. The molecule has 1 N–H and O–H groups in total. The van der Waals surface area contributed by atoms with Crippen molar-refractivity contribution in [3.05, 3.63) is 83.2 Å². The molecule has 3 aromatic rings. The number of nitrogens with zero attached hydrogens (tertiary/aromatic N) is 3. The van der Waals surface area contributed by atoms with Crippen LogP contribution in [0.5, 0.6) is 0 Å². The molecule has 0 bridgehead atoms. The monoisotopic (exact) mass is 428 g/mol. The van der Waals surface area contributed by atoms with E-state index >= 15 is 4.39 Å². The molecule has 160 valence electrons. The number of anilines is 2. The first kappa shape index (κ1) is 21.1. The number of carbonyl (C=O) groups excluding carboxylic acids is 2. The van der Waals surface area contributed by atoms with Gasteiger partial charge in [-0.3, -0.25) is 15.0 Å². The Morgan fingerprint density at radius 3 is 2.53 bits per heavy atom. The largest absolute Gasteiger partial charge is 0.301 e. The van der Waals surface area contributed by atoms with Gasteiger partial charge >= 0.3 is 5.91 Å². The van der Waals surface area contributed by atoms with Gasteiger partial charge in [0.1, 0.15) is 6.29 Å². The van der Waals surface area contributed by atoms with E-state index < -0.39 is 11.7 Å². The van der Waals surface area contributed by atoms with Crippen LogP contribution >= 0.6 is 0 Å². The number of hydrogen-bond donors (Lipinski definition) is 1. The number of benzene rings is 3. The molecule has 1 amide bonds. The second-order valence-corrected chi connectivity index (χ2v) is 7.55. The summed E-state index contributed by atoms with van der Waals surface area (Å²) in [5, 5.41) is 9.75. The van der Waals surface area contributed by atoms with Gasteiger partial charge in [0.15, 0.2) is 11.5 Å². The zero-order valence-electron chi connectivity index (χ0n) is 17.9. The molecule has 1 aliphatic heterocycles. The van der Waals surface area contributed by atoms with Gasteiger partial charge in [-0.25, -0.2) is 4.39 Å². The van der Waals surface area contributed by atoms with Gasteiger partial charge < -0.3 is 0 Å². The molecule has 0 fully saturated rings. The summed E-state index contributed by atoms with van der Waals surface area (Å²) >= 11 is 0. The molecule has 0 radical (unpaired) electrons. The number of hydrogen-bond acceptors (Lipinski definition) is 5. The molecule has 0 aliphatic carbocycles. The Kier molecular flexibility index (Phi) is 5.64. The SMILES string of the molecule is CC1=NN(c2ccc(C)c(C)c2)C(=O)/C1=N\Nc1cccc(-c2cccc(C=O)c2)c1F. The quantitative estimate of drug-likeness (QED) is 0.453. The number of rotatable bonds is 5. The van der Waals surface area contributed by atoms with Crippen molar-refractivity contribution in [1.29, 1.82) is 0 Å². The summed E-state index contributed by atoms with van der Waals surface area (Å²) < 4.78 is 15.1. The van der Waals surface area contributed by atoms with Crippen LogP contribution in [0, 0.1) is 19.7 Å². The van der Waals surface area contributed by atoms with Crippen LogP contribution in [-0.4, -0.2) is 23.6 Å². The molecule has 7 heteroatoms. The van der Waals surface area contributed by atoms with Crippen LogP contribution in [0.1, 0.15) is 28.4 Å². The van der Waals surface area contributed by atoms with Gasteiger partial charge in [0, 0.05) is 11.1 Å². The third-order valence-electron chi connectivity index (χ3n) is 5.34. The fraction of sp³-hybridized carbons (Fsp3) is 0.120. The molecule has 0 saturated heterocycles. The lowest BCUT2D eigenvalue weighted by Crippen LogP contribution is -2.28. The second-order valence-electron chi connectivity index (χ2n) is 7.55. The van der Waals surface area contributed by atoms with E-state index in [1.54, 1.807) is 43.3 Å². The van der Waals surface area contributed by atoms with E-state index in [1.807, 2.05) is 32.0 Å². The van der Waals surface area contributed by atoms with Crippen molar-refractivity contribution in [2.75, 3.05) is 10.4 Å². The number of hydrazone groups is 2. The molecular formula is C25H21FN4O2. The Balaban J connectivity index is 1.61. The molecule has 3 aromatic carbocycles. The zero-order chi connectivity index (χ0) is 22.8. The Hall–Kier alpha value is -4.13. The minimum atomic E-state index is -0.536. The summed E-state index contributed by atoms with van der Waals surface area (Å²) in [4.78, 5) is 23.9. The van der Waals surface area contributed by atoms with Gasteiger partial charge in [-0.2, -0.15) is 15.2 Å². The van der Waals surface area contributed by atoms with Gasteiger partial charge in [0.05, 0.1) is 17.1 Å². The van der Waals surface area contributed by atoms with Crippen molar-refractivity contribution in [3.63, 3.8) is 0 Å². The minimum Gasteiger partial charge on any atom is -0.298 e. The van der Waals surface area contributed by atoms with Gasteiger partial charge in [0.25, 0.3) is 0 Å². The predicted octanol–water partition coefficient (Wildman–Crippen LogP) is 5.11. The summed E-state index contributed by atoms with van der Waals surface area (Å²) in [5.41, 5.74) is 7.45. The topological polar surface area (TPSA) is 74.1 Å². The van der Waals surface area contributed by atoms with Gasteiger partial charge in [-0.15, -0.1) is 0 Å². The Labute approximate surface area is 185 Å². The highest BCUT2D eigenvalue weighted by molar-refractivity contribution is 6.71. The lowest BCUT2D eigenvalue weighted by Gasteiger charge is -2.13. The van der Waals surface area contributed by atoms with E-state index in [9.17, 15) is 9.59 Å². The zero-order valence-corrected chi connectivity index (χ0v) is 17.9. The lowest BCUT2D eigenvalue weighted by molar-refractivity contribution is -0.112. The molecule has 0 spiro atoms. The smallest absolute Gasteiger partial charge is 0.298 e. The number of carbonyl (C=O) groups is 2. The normalized spacial score (nSPS) is 14.6. The van der Waals surface area contributed by atoms with Crippen molar-refractivity contribution >= 4 is 35.0 Å². The van der Waals surface area contributed by atoms with Crippen molar-refractivity contribution in [2.45, 2.75) is 20.8 Å². The molecule has 32 heavy (non-hydrogen) atoms. The van der Waals surface area contributed by atoms with Crippen LogP contribution in [0.25, 0.3) is 11.1 Å². The summed E-state index contributed by atoms with van der Waals surface area (Å²) in [7, 11) is 0. The first-order chi connectivity index (χ1) is 15.4. The van der Waals surface area contributed by atoms with Crippen molar-refractivity contribution in [3.8, 4) is 11.1 Å². The van der Waals surface area contributed by atoms with E-state index in [0.717, 1.165) is 11.1 Å². The number of halogens is 1. The van der Waals surface area contributed by atoms with Crippen molar-refractivity contribution in [2.24, 2.45) is 10.2 Å². The number of nitrogens with one attached hydrogen (secondary N) is 1.